The maximum Gasteiger partial charge on any atom is 0.246 e. The molecule has 0 aliphatic carbocycles. The summed E-state index contributed by atoms with van der Waals surface area (Å²) in [6.45, 7) is 1.88. The molecule has 2 aromatic carbocycles. The lowest BCUT2D eigenvalue weighted by atomic mass is 9.76. The maximum absolute atomic E-state index is 14.9. The van der Waals surface area contributed by atoms with Crippen LogP contribution >= 0.6 is 0 Å². The van der Waals surface area contributed by atoms with E-state index in [1.54, 1.807) is 11.0 Å². The number of amides is 1. The summed E-state index contributed by atoms with van der Waals surface area (Å²) in [5.74, 6) is 0.972. The number of carbonyl (C=O) groups excluding carboxylic acids is 1. The Morgan fingerprint density at radius 1 is 1.14 bits per heavy atom. The summed E-state index contributed by atoms with van der Waals surface area (Å²) in [6.07, 6.45) is 2.61. The highest BCUT2D eigenvalue weighted by molar-refractivity contribution is 6.11. The first-order chi connectivity index (χ1) is 13.7. The SMILES string of the molecule is O=C1N(CC2CCCO2)c2c(F)cccc2C12COc1cc3c(cc12)CCO3. The Balaban J connectivity index is 1.52. The molecule has 28 heavy (non-hydrogen) atoms. The second-order valence-corrected chi connectivity index (χ2v) is 7.94. The van der Waals surface area contributed by atoms with Crippen LogP contribution < -0.4 is 14.4 Å². The van der Waals surface area contributed by atoms with Gasteiger partial charge in [0.2, 0.25) is 5.91 Å². The summed E-state index contributed by atoms with van der Waals surface area (Å²) in [7, 11) is 0. The molecule has 144 valence electrons. The van der Waals surface area contributed by atoms with E-state index in [-0.39, 0.29) is 24.4 Å². The third-order valence-electron chi connectivity index (χ3n) is 6.43. The van der Waals surface area contributed by atoms with E-state index in [1.165, 1.54) is 6.07 Å². The third kappa shape index (κ3) is 2.01. The van der Waals surface area contributed by atoms with Crippen molar-refractivity contribution in [1.82, 2.24) is 0 Å². The lowest BCUT2D eigenvalue weighted by Crippen LogP contribution is -2.45. The Morgan fingerprint density at radius 2 is 2.07 bits per heavy atom. The molecule has 0 N–H and O–H groups in total. The molecule has 4 aliphatic heterocycles. The van der Waals surface area contributed by atoms with Crippen LogP contribution in [-0.2, 0) is 21.4 Å². The van der Waals surface area contributed by atoms with Crippen LogP contribution in [0.3, 0.4) is 0 Å². The van der Waals surface area contributed by atoms with Crippen LogP contribution in [0.4, 0.5) is 10.1 Å². The van der Waals surface area contributed by atoms with Gasteiger partial charge in [-0.3, -0.25) is 4.79 Å². The molecule has 1 fully saturated rings. The molecule has 4 heterocycles. The fourth-order valence-corrected chi connectivity index (χ4v) is 5.07. The van der Waals surface area contributed by atoms with Gasteiger partial charge in [0.05, 0.1) is 24.9 Å². The predicted octanol–water partition coefficient (Wildman–Crippen LogP) is 2.96. The van der Waals surface area contributed by atoms with Crippen molar-refractivity contribution in [3.8, 4) is 11.5 Å². The van der Waals surface area contributed by atoms with Gasteiger partial charge in [0.15, 0.2) is 0 Å². The Bertz CT molecular complexity index is 1000. The summed E-state index contributed by atoms with van der Waals surface area (Å²) in [5, 5.41) is 0. The first-order valence-electron chi connectivity index (χ1n) is 9.84. The number of para-hydroxylation sites is 1. The van der Waals surface area contributed by atoms with E-state index >= 15 is 0 Å². The Kier molecular flexibility index (Phi) is 3.33. The van der Waals surface area contributed by atoms with Gasteiger partial charge >= 0.3 is 0 Å². The molecule has 0 radical (unpaired) electrons. The normalized spacial score (nSPS) is 27.0. The number of halogens is 1. The number of nitrogens with zero attached hydrogens (tertiary/aromatic N) is 1. The minimum atomic E-state index is -0.997. The molecule has 0 bridgehead atoms. The van der Waals surface area contributed by atoms with E-state index in [9.17, 15) is 9.18 Å². The van der Waals surface area contributed by atoms with E-state index in [1.807, 2.05) is 18.2 Å². The van der Waals surface area contributed by atoms with Crippen LogP contribution in [0.1, 0.15) is 29.5 Å². The van der Waals surface area contributed by atoms with E-state index in [2.05, 4.69) is 0 Å². The fourth-order valence-electron chi connectivity index (χ4n) is 5.07. The molecular formula is C22H20FNO4. The second-order valence-electron chi connectivity index (χ2n) is 7.94. The number of hydrogen-bond donors (Lipinski definition) is 0. The summed E-state index contributed by atoms with van der Waals surface area (Å²) < 4.78 is 32.3. The number of fused-ring (bicyclic) bond motifs is 5. The fraction of sp³-hybridized carbons (Fsp3) is 0.409. The zero-order valence-electron chi connectivity index (χ0n) is 15.4. The monoisotopic (exact) mass is 381 g/mol. The molecule has 0 aromatic heterocycles. The van der Waals surface area contributed by atoms with Crippen molar-refractivity contribution in [2.24, 2.45) is 0 Å². The van der Waals surface area contributed by atoms with E-state index in [0.717, 1.165) is 36.1 Å². The lowest BCUT2D eigenvalue weighted by molar-refractivity contribution is -0.122. The van der Waals surface area contributed by atoms with Crippen molar-refractivity contribution < 1.29 is 23.4 Å². The van der Waals surface area contributed by atoms with Gasteiger partial charge in [-0.05, 0) is 30.5 Å². The first-order valence-corrected chi connectivity index (χ1v) is 9.84. The molecule has 2 unspecified atom stereocenters. The van der Waals surface area contributed by atoms with Gasteiger partial charge in [-0.1, -0.05) is 12.1 Å². The van der Waals surface area contributed by atoms with Crippen LogP contribution in [0, 0.1) is 5.82 Å². The van der Waals surface area contributed by atoms with Crippen molar-refractivity contribution in [2.75, 3.05) is 31.3 Å². The molecule has 1 spiro atoms. The predicted molar refractivity (Wildman–Crippen MR) is 99.6 cm³/mol. The number of rotatable bonds is 2. The zero-order valence-corrected chi connectivity index (χ0v) is 15.4. The van der Waals surface area contributed by atoms with Crippen LogP contribution in [0.5, 0.6) is 11.5 Å². The molecule has 6 rings (SSSR count). The molecule has 2 atom stereocenters. The van der Waals surface area contributed by atoms with Crippen molar-refractivity contribution in [3.05, 3.63) is 52.8 Å². The van der Waals surface area contributed by atoms with Crippen molar-refractivity contribution in [3.63, 3.8) is 0 Å². The largest absolute Gasteiger partial charge is 0.493 e. The van der Waals surface area contributed by atoms with Crippen LogP contribution in [0.2, 0.25) is 0 Å². The summed E-state index contributed by atoms with van der Waals surface area (Å²) >= 11 is 0. The van der Waals surface area contributed by atoms with Gasteiger partial charge in [0, 0.05) is 30.2 Å². The highest BCUT2D eigenvalue weighted by atomic mass is 19.1. The molecular weight excluding hydrogens is 361 g/mol. The maximum atomic E-state index is 14.9. The van der Waals surface area contributed by atoms with E-state index in [0.29, 0.717) is 36.8 Å². The Labute approximate surface area is 162 Å². The number of carbonyl (C=O) groups is 1. The quantitative estimate of drug-likeness (QED) is 0.803. The minimum absolute atomic E-state index is 0.0539. The Hall–Kier alpha value is -2.60. The van der Waals surface area contributed by atoms with Crippen molar-refractivity contribution in [1.29, 1.82) is 0 Å². The van der Waals surface area contributed by atoms with Gasteiger partial charge in [-0.15, -0.1) is 0 Å². The topological polar surface area (TPSA) is 48.0 Å². The van der Waals surface area contributed by atoms with Crippen LogP contribution in [0.15, 0.2) is 30.3 Å². The van der Waals surface area contributed by atoms with E-state index < -0.39 is 5.41 Å². The average molecular weight is 381 g/mol. The molecule has 6 heteroatoms. The van der Waals surface area contributed by atoms with Crippen molar-refractivity contribution >= 4 is 11.6 Å². The molecule has 4 aliphatic rings. The van der Waals surface area contributed by atoms with Gasteiger partial charge < -0.3 is 19.1 Å². The van der Waals surface area contributed by atoms with Crippen molar-refractivity contribution in [2.45, 2.75) is 30.8 Å². The molecule has 1 amide bonds. The highest BCUT2D eigenvalue weighted by Crippen LogP contribution is 2.54. The summed E-state index contributed by atoms with van der Waals surface area (Å²) in [5.41, 5.74) is 1.96. The number of ether oxygens (including phenoxy) is 3. The number of benzene rings is 2. The molecule has 1 saturated heterocycles. The summed E-state index contributed by atoms with van der Waals surface area (Å²) in [6, 6.07) is 8.84. The Morgan fingerprint density at radius 3 is 2.93 bits per heavy atom. The van der Waals surface area contributed by atoms with Gasteiger partial charge in [-0.2, -0.15) is 0 Å². The summed E-state index contributed by atoms with van der Waals surface area (Å²) in [4.78, 5) is 15.4. The third-order valence-corrected chi connectivity index (χ3v) is 6.43. The minimum Gasteiger partial charge on any atom is -0.493 e. The van der Waals surface area contributed by atoms with Gasteiger partial charge in [0.25, 0.3) is 0 Å². The highest BCUT2D eigenvalue weighted by Gasteiger charge is 2.58. The average Bonchev–Trinajstić information content (AvgIpc) is 3.46. The van der Waals surface area contributed by atoms with Gasteiger partial charge in [0.1, 0.15) is 29.3 Å². The van der Waals surface area contributed by atoms with E-state index in [4.69, 9.17) is 14.2 Å². The molecule has 2 aromatic rings. The van der Waals surface area contributed by atoms with Crippen LogP contribution in [0.25, 0.3) is 0 Å². The first kappa shape index (κ1) is 16.4. The number of anilines is 1. The lowest BCUT2D eigenvalue weighted by Gasteiger charge is -2.25. The van der Waals surface area contributed by atoms with Crippen LogP contribution in [-0.4, -0.2) is 38.4 Å². The standard InChI is InChI=1S/C22H20FNO4/c23-17-5-1-4-15-20(17)24(11-14-3-2-7-26-14)21(25)22(15)12-28-19-10-18-13(6-8-27-18)9-16(19)22/h1,4-5,9-10,14H,2-3,6-8,11-12H2. The number of hydrogen-bond acceptors (Lipinski definition) is 4. The molecule has 0 saturated carbocycles. The van der Waals surface area contributed by atoms with Gasteiger partial charge in [-0.25, -0.2) is 4.39 Å². The zero-order chi connectivity index (χ0) is 18.9. The molecule has 5 nitrogen and oxygen atoms in total. The smallest absolute Gasteiger partial charge is 0.246 e. The second kappa shape index (κ2) is 5.70.